The van der Waals surface area contributed by atoms with Crippen LogP contribution in [0.1, 0.15) is 42.3 Å². The van der Waals surface area contributed by atoms with Crippen LogP contribution >= 0.6 is 23.2 Å². The monoisotopic (exact) mass is 474 g/mol. The fourth-order valence-corrected chi connectivity index (χ4v) is 3.30. The number of nitrogens with one attached hydrogen (secondary N) is 2. The number of carbonyl (C=O) groups excluding carboxylic acids is 2. The zero-order chi connectivity index (χ0) is 23.3. The van der Waals surface area contributed by atoms with E-state index >= 15 is 0 Å². The highest BCUT2D eigenvalue weighted by atomic mass is 35.5. The van der Waals surface area contributed by atoms with Gasteiger partial charge in [-0.1, -0.05) is 41.4 Å². The minimum atomic E-state index is -0.558. The van der Waals surface area contributed by atoms with Crippen molar-refractivity contribution >= 4 is 41.0 Å². The van der Waals surface area contributed by atoms with Crippen LogP contribution in [-0.4, -0.2) is 27.4 Å². The Kier molecular flexibility index (Phi) is 7.43. The molecule has 0 aliphatic heterocycles. The van der Waals surface area contributed by atoms with Crippen molar-refractivity contribution in [2.45, 2.75) is 39.5 Å². The number of rotatable bonds is 6. The van der Waals surface area contributed by atoms with E-state index in [-0.39, 0.29) is 5.91 Å². The molecule has 0 bridgehead atoms. The van der Waals surface area contributed by atoms with Crippen LogP contribution < -0.4 is 10.6 Å². The predicted molar refractivity (Wildman–Crippen MR) is 125 cm³/mol. The maximum absolute atomic E-state index is 12.7. The molecule has 0 aliphatic rings. The zero-order valence-corrected chi connectivity index (χ0v) is 19.5. The van der Waals surface area contributed by atoms with E-state index in [1.165, 1.54) is 0 Å². The molecule has 0 unspecified atom stereocenters. The van der Waals surface area contributed by atoms with Crippen LogP contribution in [0, 0.1) is 0 Å². The van der Waals surface area contributed by atoms with Crippen LogP contribution in [0.3, 0.4) is 0 Å². The summed E-state index contributed by atoms with van der Waals surface area (Å²) in [5, 5.41) is 10.9. The molecule has 2 aromatic carbocycles. The first kappa shape index (κ1) is 23.6. The first-order valence-electron chi connectivity index (χ1n) is 9.93. The molecule has 0 saturated carbocycles. The van der Waals surface area contributed by atoms with Crippen molar-refractivity contribution in [3.05, 3.63) is 81.5 Å². The van der Waals surface area contributed by atoms with E-state index in [0.717, 1.165) is 11.1 Å². The molecular weight excluding hydrogens is 451 g/mol. The average molecular weight is 475 g/mol. The normalized spacial score (nSPS) is 11.2. The maximum atomic E-state index is 12.7. The molecule has 7 nitrogen and oxygen atoms in total. The van der Waals surface area contributed by atoms with E-state index in [1.54, 1.807) is 74.1 Å². The van der Waals surface area contributed by atoms with Gasteiger partial charge in [-0.2, -0.15) is 5.10 Å². The molecule has 1 aromatic heterocycles. The number of aromatic nitrogens is 2. The molecule has 32 heavy (non-hydrogen) atoms. The third kappa shape index (κ3) is 6.73. The summed E-state index contributed by atoms with van der Waals surface area (Å²) in [5.74, 6) is 0.261. The number of benzene rings is 2. The Balaban J connectivity index is 1.60. The van der Waals surface area contributed by atoms with E-state index in [9.17, 15) is 9.59 Å². The van der Waals surface area contributed by atoms with Crippen molar-refractivity contribution < 1.29 is 14.3 Å². The highest BCUT2D eigenvalue weighted by Crippen LogP contribution is 2.23. The van der Waals surface area contributed by atoms with Crippen LogP contribution in [-0.2, 0) is 17.8 Å². The Morgan fingerprint density at radius 2 is 1.78 bits per heavy atom. The molecule has 0 aliphatic carbocycles. The quantitative estimate of drug-likeness (QED) is 0.492. The Morgan fingerprint density at radius 1 is 1.06 bits per heavy atom. The molecule has 0 radical (unpaired) electrons. The summed E-state index contributed by atoms with van der Waals surface area (Å²) in [6.07, 6.45) is 1.11. The third-order valence-corrected chi connectivity index (χ3v) is 4.93. The molecule has 2 amide bonds. The van der Waals surface area contributed by atoms with Gasteiger partial charge in [0.25, 0.3) is 5.91 Å². The number of halogens is 2. The Labute approximate surface area is 196 Å². The summed E-state index contributed by atoms with van der Waals surface area (Å²) in [7, 11) is 0. The number of hydrogen-bond acceptors (Lipinski definition) is 4. The molecule has 3 rings (SSSR count). The lowest BCUT2D eigenvalue weighted by Gasteiger charge is -2.19. The van der Waals surface area contributed by atoms with Crippen molar-refractivity contribution in [1.82, 2.24) is 15.1 Å². The topological polar surface area (TPSA) is 85.2 Å². The van der Waals surface area contributed by atoms with Crippen LogP contribution in [0.25, 0.3) is 0 Å². The molecule has 9 heteroatoms. The summed E-state index contributed by atoms with van der Waals surface area (Å²) in [6, 6.07) is 13.9. The van der Waals surface area contributed by atoms with Gasteiger partial charge in [0.1, 0.15) is 11.4 Å². The summed E-state index contributed by atoms with van der Waals surface area (Å²) < 4.78 is 6.85. The van der Waals surface area contributed by atoms with Gasteiger partial charge in [-0.05, 0) is 56.2 Å². The minimum absolute atomic E-state index is 0.277. The molecule has 0 atom stereocenters. The lowest BCUT2D eigenvalue weighted by Crippen LogP contribution is -2.32. The average Bonchev–Trinajstić information content (AvgIpc) is 3.14. The van der Waals surface area contributed by atoms with Gasteiger partial charge in [-0.15, -0.1) is 0 Å². The minimum Gasteiger partial charge on any atom is -0.444 e. The molecule has 0 saturated heterocycles. The Hall–Kier alpha value is -3.03. The van der Waals surface area contributed by atoms with Crippen LogP contribution in [0.4, 0.5) is 10.6 Å². The van der Waals surface area contributed by atoms with Gasteiger partial charge in [-0.25, -0.2) is 9.48 Å². The number of carbonyl (C=O) groups is 2. The van der Waals surface area contributed by atoms with Crippen LogP contribution in [0.5, 0.6) is 0 Å². The van der Waals surface area contributed by atoms with Gasteiger partial charge >= 0.3 is 6.09 Å². The summed E-state index contributed by atoms with van der Waals surface area (Å²) in [4.78, 5) is 24.4. The summed E-state index contributed by atoms with van der Waals surface area (Å²) in [5.41, 5.74) is 1.59. The van der Waals surface area contributed by atoms with E-state index in [2.05, 4.69) is 15.7 Å². The van der Waals surface area contributed by atoms with E-state index in [4.69, 9.17) is 27.9 Å². The number of alkyl carbamates (subject to hydrolysis) is 1. The molecule has 0 spiro atoms. The van der Waals surface area contributed by atoms with Gasteiger partial charge < -0.3 is 15.4 Å². The third-order valence-electron chi connectivity index (χ3n) is 4.35. The van der Waals surface area contributed by atoms with Gasteiger partial charge in [-0.3, -0.25) is 4.79 Å². The molecule has 0 fully saturated rings. The number of ether oxygens (including phenoxy) is 1. The standard InChI is InChI=1S/C23H24Cl2N4O3/c1-23(2,3)32-22(31)26-13-15-4-6-16(7-5-15)21(30)28-20-10-11-27-29(20)14-17-8-9-18(24)12-19(17)25/h4-12H,13-14H2,1-3H3,(H,26,31)(H,28,30). The number of nitrogens with zero attached hydrogens (tertiary/aromatic N) is 2. The second kappa shape index (κ2) is 10.1. The number of hydrogen-bond donors (Lipinski definition) is 2. The van der Waals surface area contributed by atoms with Crippen molar-refractivity contribution in [2.24, 2.45) is 0 Å². The zero-order valence-electron chi connectivity index (χ0n) is 18.0. The van der Waals surface area contributed by atoms with Gasteiger partial charge in [0.05, 0.1) is 12.7 Å². The SMILES string of the molecule is CC(C)(C)OC(=O)NCc1ccc(C(=O)Nc2ccnn2Cc2ccc(Cl)cc2Cl)cc1. The lowest BCUT2D eigenvalue weighted by atomic mass is 10.1. The number of amides is 2. The van der Waals surface area contributed by atoms with Crippen molar-refractivity contribution in [3.63, 3.8) is 0 Å². The number of anilines is 1. The largest absolute Gasteiger partial charge is 0.444 e. The molecule has 168 valence electrons. The fraction of sp³-hybridized carbons (Fsp3) is 0.261. The van der Waals surface area contributed by atoms with Crippen LogP contribution in [0.15, 0.2) is 54.7 Å². The van der Waals surface area contributed by atoms with E-state index in [1.807, 2.05) is 6.07 Å². The summed E-state index contributed by atoms with van der Waals surface area (Å²) in [6.45, 7) is 6.08. The van der Waals surface area contributed by atoms with Gasteiger partial charge in [0.2, 0.25) is 0 Å². The lowest BCUT2D eigenvalue weighted by molar-refractivity contribution is 0.0523. The maximum Gasteiger partial charge on any atom is 0.407 e. The second-order valence-corrected chi connectivity index (χ2v) is 8.96. The Bertz CT molecular complexity index is 1110. The summed E-state index contributed by atoms with van der Waals surface area (Å²) >= 11 is 12.2. The highest BCUT2D eigenvalue weighted by Gasteiger charge is 2.16. The Morgan fingerprint density at radius 3 is 2.44 bits per heavy atom. The van der Waals surface area contributed by atoms with E-state index < -0.39 is 11.7 Å². The first-order valence-corrected chi connectivity index (χ1v) is 10.7. The van der Waals surface area contributed by atoms with Crippen molar-refractivity contribution in [2.75, 3.05) is 5.32 Å². The second-order valence-electron chi connectivity index (χ2n) is 8.12. The van der Waals surface area contributed by atoms with E-state index in [0.29, 0.717) is 34.5 Å². The smallest absolute Gasteiger partial charge is 0.407 e. The van der Waals surface area contributed by atoms with Crippen molar-refractivity contribution in [3.8, 4) is 0 Å². The first-order chi connectivity index (χ1) is 15.1. The predicted octanol–water partition coefficient (Wildman–Crippen LogP) is 5.52. The molecular formula is C23H24Cl2N4O3. The van der Waals surface area contributed by atoms with Gasteiger partial charge in [0, 0.05) is 28.2 Å². The molecule has 3 aromatic rings. The molecule has 1 heterocycles. The van der Waals surface area contributed by atoms with Crippen LogP contribution in [0.2, 0.25) is 10.0 Å². The highest BCUT2D eigenvalue weighted by molar-refractivity contribution is 6.35. The molecule has 2 N–H and O–H groups in total. The van der Waals surface area contributed by atoms with Crippen molar-refractivity contribution in [1.29, 1.82) is 0 Å². The van der Waals surface area contributed by atoms with Gasteiger partial charge in [0.15, 0.2) is 0 Å². The fourth-order valence-electron chi connectivity index (χ4n) is 2.83.